The molecule has 0 aliphatic carbocycles. The molecule has 11 heteroatoms. The summed E-state index contributed by atoms with van der Waals surface area (Å²) in [5.41, 5.74) is 1.28. The molecule has 0 aliphatic heterocycles. The van der Waals surface area contributed by atoms with Gasteiger partial charge in [-0.15, -0.1) is 10.2 Å². The van der Waals surface area contributed by atoms with Gasteiger partial charge in [0, 0.05) is 30.6 Å². The second kappa shape index (κ2) is 10.3. The number of benzene rings is 2. The third-order valence-electron chi connectivity index (χ3n) is 5.06. The number of carbonyl (C=O) groups is 1. The fourth-order valence-electron chi connectivity index (χ4n) is 3.40. The lowest BCUT2D eigenvalue weighted by atomic mass is 10.2. The number of methoxy groups -OCH3 is 3. The van der Waals surface area contributed by atoms with Gasteiger partial charge in [0.2, 0.25) is 11.6 Å². The van der Waals surface area contributed by atoms with Crippen LogP contribution in [-0.2, 0) is 11.3 Å². The number of aromatic nitrogens is 4. The van der Waals surface area contributed by atoms with Gasteiger partial charge in [-0.1, -0.05) is 30.0 Å². The molecule has 0 atom stereocenters. The summed E-state index contributed by atoms with van der Waals surface area (Å²) in [5, 5.41) is 11.4. The Labute approximate surface area is 199 Å². The van der Waals surface area contributed by atoms with E-state index in [1.807, 2.05) is 12.1 Å². The first kappa shape index (κ1) is 23.2. The van der Waals surface area contributed by atoms with Crippen LogP contribution in [0.2, 0.25) is 0 Å². The van der Waals surface area contributed by atoms with Crippen molar-refractivity contribution in [3.63, 3.8) is 0 Å². The zero-order valence-electron chi connectivity index (χ0n) is 18.8. The van der Waals surface area contributed by atoms with Gasteiger partial charge in [0.15, 0.2) is 16.7 Å². The second-order valence-corrected chi connectivity index (χ2v) is 8.01. The number of fused-ring (bicyclic) bond motifs is 1. The molecule has 0 fully saturated rings. The number of rotatable bonds is 9. The Kier molecular flexibility index (Phi) is 7.02. The smallest absolute Gasteiger partial charge is 0.300 e. The Balaban J connectivity index is 1.45. The lowest BCUT2D eigenvalue weighted by Crippen LogP contribution is -2.25. The van der Waals surface area contributed by atoms with Crippen molar-refractivity contribution in [3.8, 4) is 22.9 Å². The van der Waals surface area contributed by atoms with Crippen LogP contribution in [-0.4, -0.2) is 52.2 Å². The highest BCUT2D eigenvalue weighted by atomic mass is 32.2. The van der Waals surface area contributed by atoms with E-state index in [1.165, 1.54) is 16.3 Å². The Morgan fingerprint density at radius 2 is 1.85 bits per heavy atom. The summed E-state index contributed by atoms with van der Waals surface area (Å²) in [5.74, 6) is 1.72. The molecule has 0 saturated heterocycles. The highest BCUT2D eigenvalue weighted by Crippen LogP contribution is 2.30. The summed E-state index contributed by atoms with van der Waals surface area (Å²) in [7, 11) is 4.68. The van der Waals surface area contributed by atoms with Crippen molar-refractivity contribution in [1.82, 2.24) is 24.5 Å². The predicted octanol–water partition coefficient (Wildman–Crippen LogP) is 2.31. The van der Waals surface area contributed by atoms with E-state index in [1.54, 1.807) is 68.5 Å². The molecule has 10 nitrogen and oxygen atoms in total. The largest absolute Gasteiger partial charge is 0.497 e. The van der Waals surface area contributed by atoms with Crippen molar-refractivity contribution in [3.05, 3.63) is 70.8 Å². The summed E-state index contributed by atoms with van der Waals surface area (Å²) in [6, 6.07) is 12.6. The van der Waals surface area contributed by atoms with Crippen LogP contribution in [0.1, 0.15) is 5.56 Å². The minimum Gasteiger partial charge on any atom is -0.497 e. The van der Waals surface area contributed by atoms with E-state index in [0.29, 0.717) is 28.1 Å². The summed E-state index contributed by atoms with van der Waals surface area (Å²) < 4.78 is 18.9. The molecule has 2 aromatic heterocycles. The van der Waals surface area contributed by atoms with Crippen LogP contribution in [0.25, 0.3) is 11.3 Å². The van der Waals surface area contributed by atoms with Crippen LogP contribution in [0.4, 0.5) is 0 Å². The number of nitrogens with zero attached hydrogens (tertiary/aromatic N) is 4. The van der Waals surface area contributed by atoms with E-state index in [4.69, 9.17) is 14.2 Å². The Bertz CT molecular complexity index is 1380. The number of hydrogen-bond acceptors (Lipinski definition) is 8. The first-order valence-corrected chi connectivity index (χ1v) is 11.2. The van der Waals surface area contributed by atoms with Gasteiger partial charge in [0.25, 0.3) is 0 Å². The van der Waals surface area contributed by atoms with Crippen LogP contribution in [0, 0.1) is 0 Å². The molecule has 176 valence electrons. The van der Waals surface area contributed by atoms with Gasteiger partial charge in [0.1, 0.15) is 5.75 Å². The molecule has 2 heterocycles. The monoisotopic (exact) mass is 481 g/mol. The fraction of sp³-hybridized carbons (Fsp3) is 0.217. The molecule has 0 radical (unpaired) electrons. The number of thioether (sulfide) groups is 1. The second-order valence-electron chi connectivity index (χ2n) is 7.07. The molecule has 0 aliphatic rings. The quantitative estimate of drug-likeness (QED) is 0.363. The number of carbonyl (C=O) groups excluding carboxylic acids is 1. The van der Waals surface area contributed by atoms with Gasteiger partial charge < -0.3 is 19.5 Å². The number of hydrogen-bond donors (Lipinski definition) is 1. The molecule has 4 aromatic rings. The molecular formula is C23H23N5O5S. The number of para-hydroxylation sites is 1. The van der Waals surface area contributed by atoms with Crippen molar-refractivity contribution in [2.24, 2.45) is 0 Å². The highest BCUT2D eigenvalue weighted by Gasteiger charge is 2.15. The van der Waals surface area contributed by atoms with Crippen LogP contribution in [0.3, 0.4) is 0 Å². The Hall–Kier alpha value is -3.99. The van der Waals surface area contributed by atoms with E-state index < -0.39 is 0 Å². The maximum Gasteiger partial charge on any atom is 0.300 e. The first-order valence-electron chi connectivity index (χ1n) is 10.3. The molecule has 1 amide bonds. The molecular weight excluding hydrogens is 458 g/mol. The number of nitrogens with one attached hydrogen (secondary N) is 1. The van der Waals surface area contributed by atoms with Gasteiger partial charge in [-0.25, -0.2) is 0 Å². The summed E-state index contributed by atoms with van der Waals surface area (Å²) >= 11 is 1.19. The molecule has 0 bridgehead atoms. The maximum absolute atomic E-state index is 12.9. The maximum atomic E-state index is 12.9. The van der Waals surface area contributed by atoms with Crippen molar-refractivity contribution in [2.75, 3.05) is 27.1 Å². The van der Waals surface area contributed by atoms with Gasteiger partial charge in [0.05, 0.1) is 32.8 Å². The van der Waals surface area contributed by atoms with Crippen LogP contribution >= 0.6 is 11.8 Å². The zero-order valence-corrected chi connectivity index (χ0v) is 19.7. The third kappa shape index (κ3) is 4.69. The standard InChI is InChI=1S/C23H23N5O5S/c1-31-17-8-5-7-16(12-17)27-10-11-28-21(22(27)30)25-26-23(28)34-14-19(29)24-13-15-6-4-9-18(32-2)20(15)33-3/h4-12H,13-14H2,1-3H3,(H,24,29). The predicted molar refractivity (Wildman–Crippen MR) is 127 cm³/mol. The average Bonchev–Trinajstić information content (AvgIpc) is 3.30. The molecule has 0 saturated carbocycles. The van der Waals surface area contributed by atoms with E-state index in [9.17, 15) is 9.59 Å². The first-order chi connectivity index (χ1) is 16.5. The number of amides is 1. The highest BCUT2D eigenvalue weighted by molar-refractivity contribution is 7.99. The van der Waals surface area contributed by atoms with Crippen molar-refractivity contribution >= 4 is 23.3 Å². The van der Waals surface area contributed by atoms with Crippen molar-refractivity contribution < 1.29 is 19.0 Å². The SMILES string of the molecule is COc1cccc(-n2ccn3c(SCC(=O)NCc4cccc(OC)c4OC)nnc3c2=O)c1. The minimum atomic E-state index is -0.329. The molecule has 0 spiro atoms. The van der Waals surface area contributed by atoms with Crippen molar-refractivity contribution in [2.45, 2.75) is 11.7 Å². The summed E-state index contributed by atoms with van der Waals surface area (Å²) in [6.45, 7) is 0.283. The zero-order chi connectivity index (χ0) is 24.1. The third-order valence-corrected chi connectivity index (χ3v) is 6.01. The molecule has 34 heavy (non-hydrogen) atoms. The van der Waals surface area contributed by atoms with E-state index in [-0.39, 0.29) is 29.4 Å². The molecule has 1 N–H and O–H groups in total. The van der Waals surface area contributed by atoms with Crippen LogP contribution in [0.5, 0.6) is 17.2 Å². The molecule has 4 rings (SSSR count). The lowest BCUT2D eigenvalue weighted by Gasteiger charge is -2.13. The van der Waals surface area contributed by atoms with Gasteiger partial charge in [-0.05, 0) is 18.2 Å². The normalized spacial score (nSPS) is 10.8. The van der Waals surface area contributed by atoms with Gasteiger partial charge >= 0.3 is 5.56 Å². The van der Waals surface area contributed by atoms with Crippen molar-refractivity contribution in [1.29, 1.82) is 0 Å². The molecule has 0 unspecified atom stereocenters. The lowest BCUT2D eigenvalue weighted by molar-refractivity contribution is -0.118. The van der Waals surface area contributed by atoms with Crippen LogP contribution in [0.15, 0.2) is 64.8 Å². The molecule has 2 aromatic carbocycles. The van der Waals surface area contributed by atoms with Crippen LogP contribution < -0.4 is 25.1 Å². The van der Waals surface area contributed by atoms with E-state index in [2.05, 4.69) is 15.5 Å². The summed E-state index contributed by atoms with van der Waals surface area (Å²) in [4.78, 5) is 25.4. The minimum absolute atomic E-state index is 0.103. The summed E-state index contributed by atoms with van der Waals surface area (Å²) in [6.07, 6.45) is 3.32. The number of ether oxygens (including phenoxy) is 3. The van der Waals surface area contributed by atoms with E-state index in [0.717, 1.165) is 5.56 Å². The van der Waals surface area contributed by atoms with E-state index >= 15 is 0 Å². The van der Waals surface area contributed by atoms with Gasteiger partial charge in [-0.2, -0.15) is 0 Å². The van der Waals surface area contributed by atoms with Gasteiger partial charge in [-0.3, -0.25) is 18.6 Å². The Morgan fingerprint density at radius 3 is 2.62 bits per heavy atom. The Morgan fingerprint density at radius 1 is 1.03 bits per heavy atom. The fourth-order valence-corrected chi connectivity index (χ4v) is 4.14. The topological polar surface area (TPSA) is 109 Å². The average molecular weight is 482 g/mol.